The number of fused-ring (bicyclic) bond motifs is 1. The Balaban J connectivity index is 1.49. The summed E-state index contributed by atoms with van der Waals surface area (Å²) in [6.45, 7) is 6.38. The molecule has 0 saturated carbocycles. The van der Waals surface area contributed by atoms with Gasteiger partial charge < -0.3 is 9.64 Å². The van der Waals surface area contributed by atoms with Crippen molar-refractivity contribution in [1.29, 1.82) is 0 Å². The van der Waals surface area contributed by atoms with Gasteiger partial charge in [0.05, 0.1) is 15.7 Å². The van der Waals surface area contributed by atoms with Crippen LogP contribution in [0.2, 0.25) is 0 Å². The molecule has 0 aliphatic carbocycles. The minimum atomic E-state index is 0.758. The molecule has 0 bridgehead atoms. The van der Waals surface area contributed by atoms with E-state index in [1.807, 2.05) is 17.6 Å². The van der Waals surface area contributed by atoms with E-state index in [4.69, 9.17) is 4.74 Å². The van der Waals surface area contributed by atoms with Crippen LogP contribution in [-0.4, -0.2) is 61.2 Å². The number of rotatable bonds is 4. The maximum absolute atomic E-state index is 5.84. The standard InChI is InChI=1S/C14H19N3OS/c1-16-4-6-17(7-5-16)8-9-18-12-2-3-13-14(10-12)19-11-15-13/h2-3,10-11H,4-9H2,1H3. The van der Waals surface area contributed by atoms with Gasteiger partial charge in [-0.1, -0.05) is 0 Å². The first-order valence-electron chi connectivity index (χ1n) is 6.68. The number of thiazole rings is 1. The maximum Gasteiger partial charge on any atom is 0.120 e. The molecule has 1 aliphatic rings. The van der Waals surface area contributed by atoms with Crippen molar-refractivity contribution >= 4 is 21.6 Å². The minimum Gasteiger partial charge on any atom is -0.492 e. The fraction of sp³-hybridized carbons (Fsp3) is 0.500. The second-order valence-electron chi connectivity index (χ2n) is 4.98. The van der Waals surface area contributed by atoms with Gasteiger partial charge in [0.2, 0.25) is 0 Å². The van der Waals surface area contributed by atoms with Crippen molar-refractivity contribution in [2.45, 2.75) is 0 Å². The summed E-state index contributed by atoms with van der Waals surface area (Å²) in [6.07, 6.45) is 0. The third-order valence-corrected chi connectivity index (χ3v) is 4.37. The first kappa shape index (κ1) is 12.8. The van der Waals surface area contributed by atoms with Crippen LogP contribution >= 0.6 is 11.3 Å². The van der Waals surface area contributed by atoms with Gasteiger partial charge in [-0.15, -0.1) is 11.3 Å². The quantitative estimate of drug-likeness (QED) is 0.854. The summed E-state index contributed by atoms with van der Waals surface area (Å²) in [5, 5.41) is 0. The molecular formula is C14H19N3OS. The Bertz CT molecular complexity index is 534. The lowest BCUT2D eigenvalue weighted by molar-refractivity contribution is 0.134. The predicted octanol–water partition coefficient (Wildman–Crippen LogP) is 1.92. The van der Waals surface area contributed by atoms with Gasteiger partial charge in [-0.2, -0.15) is 0 Å². The Morgan fingerprint density at radius 1 is 1.26 bits per heavy atom. The summed E-state index contributed by atoms with van der Waals surface area (Å²) in [4.78, 5) is 9.10. The number of hydrogen-bond donors (Lipinski definition) is 0. The van der Waals surface area contributed by atoms with E-state index in [1.165, 1.54) is 4.70 Å². The molecule has 1 aromatic carbocycles. The van der Waals surface area contributed by atoms with E-state index < -0.39 is 0 Å². The highest BCUT2D eigenvalue weighted by Crippen LogP contribution is 2.23. The van der Waals surface area contributed by atoms with Gasteiger partial charge in [-0.25, -0.2) is 4.98 Å². The van der Waals surface area contributed by atoms with Crippen molar-refractivity contribution in [3.05, 3.63) is 23.7 Å². The number of hydrogen-bond acceptors (Lipinski definition) is 5. The van der Waals surface area contributed by atoms with Crippen LogP contribution in [0.4, 0.5) is 0 Å². The van der Waals surface area contributed by atoms with Gasteiger partial charge in [0.1, 0.15) is 12.4 Å². The van der Waals surface area contributed by atoms with E-state index >= 15 is 0 Å². The van der Waals surface area contributed by atoms with E-state index in [1.54, 1.807) is 11.3 Å². The number of ether oxygens (including phenoxy) is 1. The van der Waals surface area contributed by atoms with Crippen LogP contribution in [0.1, 0.15) is 0 Å². The lowest BCUT2D eigenvalue weighted by atomic mass is 10.3. The van der Waals surface area contributed by atoms with Gasteiger partial charge in [0.25, 0.3) is 0 Å². The second kappa shape index (κ2) is 5.86. The highest BCUT2D eigenvalue weighted by atomic mass is 32.1. The van der Waals surface area contributed by atoms with Crippen LogP contribution in [0.25, 0.3) is 10.2 Å². The number of aromatic nitrogens is 1. The van der Waals surface area contributed by atoms with Crippen molar-refractivity contribution in [3.63, 3.8) is 0 Å². The van der Waals surface area contributed by atoms with Crippen molar-refractivity contribution in [3.8, 4) is 5.75 Å². The molecule has 0 atom stereocenters. The molecule has 1 aromatic heterocycles. The Kier molecular flexibility index (Phi) is 3.96. The molecule has 0 spiro atoms. The fourth-order valence-electron chi connectivity index (χ4n) is 2.29. The Morgan fingerprint density at radius 2 is 2.11 bits per heavy atom. The predicted molar refractivity (Wildman–Crippen MR) is 79.1 cm³/mol. The van der Waals surface area contributed by atoms with Crippen LogP contribution in [0.5, 0.6) is 5.75 Å². The lowest BCUT2D eigenvalue weighted by Gasteiger charge is -2.32. The first-order valence-corrected chi connectivity index (χ1v) is 7.56. The van der Waals surface area contributed by atoms with Crippen LogP contribution in [0.3, 0.4) is 0 Å². The minimum absolute atomic E-state index is 0.758. The van der Waals surface area contributed by atoms with Crippen LogP contribution in [-0.2, 0) is 0 Å². The average Bonchev–Trinajstić information content (AvgIpc) is 2.88. The van der Waals surface area contributed by atoms with Crippen molar-refractivity contribution < 1.29 is 4.74 Å². The van der Waals surface area contributed by atoms with E-state index in [0.717, 1.165) is 50.6 Å². The Labute approximate surface area is 117 Å². The third-order valence-electron chi connectivity index (χ3n) is 3.57. The molecule has 2 aromatic rings. The average molecular weight is 277 g/mol. The molecule has 0 radical (unpaired) electrons. The van der Waals surface area contributed by atoms with Gasteiger partial charge in [0, 0.05) is 32.7 Å². The number of piperazine rings is 1. The largest absolute Gasteiger partial charge is 0.492 e. The summed E-state index contributed by atoms with van der Waals surface area (Å²) in [6, 6.07) is 6.11. The topological polar surface area (TPSA) is 28.6 Å². The smallest absolute Gasteiger partial charge is 0.120 e. The van der Waals surface area contributed by atoms with Crippen LogP contribution < -0.4 is 4.74 Å². The summed E-state index contributed by atoms with van der Waals surface area (Å²) in [7, 11) is 2.18. The molecule has 1 fully saturated rings. The molecule has 1 aliphatic heterocycles. The number of likely N-dealkylation sites (N-methyl/N-ethyl adjacent to an activating group) is 1. The highest BCUT2D eigenvalue weighted by Gasteiger charge is 2.13. The number of nitrogens with zero attached hydrogens (tertiary/aromatic N) is 3. The molecule has 5 heteroatoms. The van der Waals surface area contributed by atoms with E-state index in [9.17, 15) is 0 Å². The summed E-state index contributed by atoms with van der Waals surface area (Å²) >= 11 is 1.66. The molecule has 0 N–H and O–H groups in total. The van der Waals surface area contributed by atoms with E-state index in [2.05, 4.69) is 27.9 Å². The van der Waals surface area contributed by atoms with Crippen LogP contribution in [0, 0.1) is 0 Å². The monoisotopic (exact) mass is 277 g/mol. The Morgan fingerprint density at radius 3 is 2.95 bits per heavy atom. The summed E-state index contributed by atoms with van der Waals surface area (Å²) in [5.74, 6) is 0.950. The van der Waals surface area contributed by atoms with Gasteiger partial charge >= 0.3 is 0 Å². The van der Waals surface area contributed by atoms with Crippen molar-refractivity contribution in [1.82, 2.24) is 14.8 Å². The highest BCUT2D eigenvalue weighted by molar-refractivity contribution is 7.16. The zero-order chi connectivity index (χ0) is 13.1. The lowest BCUT2D eigenvalue weighted by Crippen LogP contribution is -2.45. The molecule has 102 valence electrons. The molecule has 1 saturated heterocycles. The second-order valence-corrected chi connectivity index (χ2v) is 5.86. The molecule has 19 heavy (non-hydrogen) atoms. The summed E-state index contributed by atoms with van der Waals surface area (Å²) < 4.78 is 7.03. The Hall–Kier alpha value is -1.17. The SMILES string of the molecule is CN1CCN(CCOc2ccc3ncsc3c2)CC1. The van der Waals surface area contributed by atoms with E-state index in [0.29, 0.717) is 0 Å². The van der Waals surface area contributed by atoms with Gasteiger partial charge in [-0.05, 0) is 25.2 Å². The zero-order valence-electron chi connectivity index (χ0n) is 11.2. The maximum atomic E-state index is 5.84. The molecule has 0 unspecified atom stereocenters. The normalized spacial score (nSPS) is 17.9. The van der Waals surface area contributed by atoms with Gasteiger partial charge in [-0.3, -0.25) is 4.90 Å². The molecule has 2 heterocycles. The number of benzene rings is 1. The fourth-order valence-corrected chi connectivity index (χ4v) is 2.99. The molecule has 3 rings (SSSR count). The summed E-state index contributed by atoms with van der Waals surface area (Å²) in [5.41, 5.74) is 2.93. The van der Waals surface area contributed by atoms with E-state index in [-0.39, 0.29) is 0 Å². The molecule has 4 nitrogen and oxygen atoms in total. The van der Waals surface area contributed by atoms with Crippen molar-refractivity contribution in [2.75, 3.05) is 46.4 Å². The first-order chi connectivity index (χ1) is 9.31. The molecular weight excluding hydrogens is 258 g/mol. The van der Waals surface area contributed by atoms with Crippen molar-refractivity contribution in [2.24, 2.45) is 0 Å². The molecule has 0 amide bonds. The van der Waals surface area contributed by atoms with Crippen LogP contribution in [0.15, 0.2) is 23.7 Å². The van der Waals surface area contributed by atoms with Gasteiger partial charge in [0.15, 0.2) is 0 Å². The third kappa shape index (κ3) is 3.23. The zero-order valence-corrected chi connectivity index (χ0v) is 12.0.